The zero-order valence-corrected chi connectivity index (χ0v) is 24.1. The van der Waals surface area contributed by atoms with Crippen molar-refractivity contribution in [3.05, 3.63) is 63.2 Å². The molecule has 3 rings (SSSR count). The molecule has 200 valence electrons. The third-order valence-corrected chi connectivity index (χ3v) is 8.21. The van der Waals surface area contributed by atoms with Crippen LogP contribution in [0.2, 0.25) is 0 Å². The van der Waals surface area contributed by atoms with Gasteiger partial charge in [-0.2, -0.15) is 8.42 Å². The molecule has 5 N–H and O–H groups in total. The van der Waals surface area contributed by atoms with Gasteiger partial charge in [-0.1, -0.05) is 46.7 Å². The molecule has 36 heavy (non-hydrogen) atoms. The van der Waals surface area contributed by atoms with Crippen molar-refractivity contribution in [3.8, 4) is 0 Å². The number of nitrogens with zero attached hydrogens (tertiary/aromatic N) is 1. The summed E-state index contributed by atoms with van der Waals surface area (Å²) in [6.07, 6.45) is 0. The van der Waals surface area contributed by atoms with Crippen molar-refractivity contribution in [2.45, 2.75) is 51.3 Å². The highest BCUT2D eigenvalue weighted by Gasteiger charge is 2.16. The molecule has 0 unspecified atom stereocenters. The normalized spacial score (nSPS) is 11.1. The van der Waals surface area contributed by atoms with Crippen LogP contribution in [-0.2, 0) is 20.2 Å². The van der Waals surface area contributed by atoms with E-state index >= 15 is 0 Å². The third kappa shape index (κ3) is 8.45. The number of benzene rings is 2. The first-order valence-electron chi connectivity index (χ1n) is 10.7. The van der Waals surface area contributed by atoms with Crippen LogP contribution in [0.3, 0.4) is 0 Å². The molecule has 0 saturated carbocycles. The molecule has 0 aliphatic carbocycles. The second-order valence-electron chi connectivity index (χ2n) is 8.19. The molecule has 3 aromatic rings. The van der Waals surface area contributed by atoms with Crippen molar-refractivity contribution in [2.75, 3.05) is 30.6 Å². The van der Waals surface area contributed by atoms with E-state index in [4.69, 9.17) is 10.4 Å². The molecule has 0 saturated heterocycles. The molecule has 0 fully saturated rings. The van der Waals surface area contributed by atoms with Crippen LogP contribution < -0.4 is 21.2 Å². The number of nitrogens with two attached hydrogens (primary N) is 1. The number of rotatable bonds is 4. The smallest absolute Gasteiger partial charge is 0.332 e. The summed E-state index contributed by atoms with van der Waals surface area (Å²) in [6.45, 7) is 10.3. The van der Waals surface area contributed by atoms with Gasteiger partial charge in [-0.05, 0) is 63.8 Å². The number of nitrogens with one attached hydrogen (secondary N) is 2. The van der Waals surface area contributed by atoms with E-state index in [1.165, 1.54) is 0 Å². The Morgan fingerprint density at radius 1 is 0.806 bits per heavy atom. The van der Waals surface area contributed by atoms with Gasteiger partial charge in [-0.15, -0.1) is 4.68 Å². The molecule has 0 amide bonds. The summed E-state index contributed by atoms with van der Waals surface area (Å²) in [5.74, 6) is 6.46. The molecule has 10 nitrogen and oxygen atoms in total. The van der Waals surface area contributed by atoms with Crippen molar-refractivity contribution >= 4 is 42.4 Å². The third-order valence-electron chi connectivity index (χ3n) is 4.94. The van der Waals surface area contributed by atoms with E-state index in [1.807, 2.05) is 33.5 Å². The summed E-state index contributed by atoms with van der Waals surface area (Å²) in [4.78, 5) is -0.0591. The number of hydrogen-bond acceptors (Lipinski definition) is 9. The second kappa shape index (κ2) is 12.5. The Labute approximate surface area is 217 Å². The highest BCUT2D eigenvalue weighted by molar-refractivity contribution is 7.86. The molecule has 1 aromatic heterocycles. The molecule has 0 aliphatic rings. The van der Waals surface area contributed by atoms with Crippen LogP contribution in [0, 0.1) is 41.5 Å². The highest BCUT2D eigenvalue weighted by Crippen LogP contribution is 2.22. The maximum absolute atomic E-state index is 10.9. The number of hydrogen-bond donors (Lipinski definition) is 4. The van der Waals surface area contributed by atoms with Gasteiger partial charge in [0.1, 0.15) is 10.1 Å². The Morgan fingerprint density at radius 2 is 1.19 bits per heavy atom. The average Bonchev–Trinajstić information content (AvgIpc) is 3.04. The van der Waals surface area contributed by atoms with Gasteiger partial charge >= 0.3 is 5.82 Å². The van der Waals surface area contributed by atoms with Gasteiger partial charge in [0.15, 0.2) is 10.5 Å². The number of thiazole rings is 1. The Kier molecular flexibility index (Phi) is 10.9. The summed E-state index contributed by atoms with van der Waals surface area (Å²) in [5, 5.41) is 7.05. The fourth-order valence-corrected chi connectivity index (χ4v) is 6.49. The Balaban J connectivity index is 0.000000273. The van der Waals surface area contributed by atoms with Gasteiger partial charge < -0.3 is 9.87 Å². The molecule has 1 heterocycles. The largest absolute Gasteiger partial charge is 0.744 e. The maximum atomic E-state index is 10.9. The topological polar surface area (TPSA) is 166 Å². The minimum atomic E-state index is -4.33. The number of anilines is 2. The molecule has 0 aliphatic heterocycles. The Morgan fingerprint density at radius 3 is 1.47 bits per heavy atom. The van der Waals surface area contributed by atoms with Crippen molar-refractivity contribution in [1.82, 2.24) is 0 Å². The fourth-order valence-electron chi connectivity index (χ4n) is 3.89. The van der Waals surface area contributed by atoms with E-state index in [0.29, 0.717) is 22.3 Å². The van der Waals surface area contributed by atoms with Crippen LogP contribution in [0.25, 0.3) is 0 Å². The van der Waals surface area contributed by atoms with Gasteiger partial charge in [-0.3, -0.25) is 15.7 Å². The quantitative estimate of drug-likeness (QED) is 0.214. The van der Waals surface area contributed by atoms with E-state index in [0.717, 1.165) is 21.9 Å². The van der Waals surface area contributed by atoms with Crippen LogP contribution in [0.4, 0.5) is 10.8 Å². The number of nitrogen functional groups attached to an aromatic ring is 1. The maximum Gasteiger partial charge on any atom is 0.332 e. The summed E-state index contributed by atoms with van der Waals surface area (Å²) in [6, 6.07) is 6.85. The summed E-state index contributed by atoms with van der Waals surface area (Å²) >= 11 is 1.57. The van der Waals surface area contributed by atoms with Crippen LogP contribution in [-0.4, -0.2) is 40.0 Å². The van der Waals surface area contributed by atoms with E-state index in [9.17, 15) is 21.4 Å². The van der Waals surface area contributed by atoms with Crippen molar-refractivity contribution in [2.24, 2.45) is 0 Å². The van der Waals surface area contributed by atoms with Crippen molar-refractivity contribution in [3.63, 3.8) is 0 Å². The minimum Gasteiger partial charge on any atom is -0.744 e. The van der Waals surface area contributed by atoms with E-state index in [-0.39, 0.29) is 9.79 Å². The van der Waals surface area contributed by atoms with Gasteiger partial charge in [-0.25, -0.2) is 8.42 Å². The zero-order chi connectivity index (χ0) is 28.0. The van der Waals surface area contributed by atoms with Gasteiger partial charge in [0.2, 0.25) is 0 Å². The molecule has 0 atom stereocenters. The van der Waals surface area contributed by atoms with Gasteiger partial charge in [0.05, 0.1) is 16.8 Å². The lowest BCUT2D eigenvalue weighted by molar-refractivity contribution is -0.618. The SMILES string of the molecule is CNc1sc[n+](N)c1NC.Cc1cc(C)c(S(=O)(=O)O)c(C)c1.Cc1cc(C)c(S(=O)(=O)[O-])c(C)c1. The predicted octanol–water partition coefficient (Wildman–Crippen LogP) is 3.21. The Bertz CT molecular complexity index is 1300. The van der Waals surface area contributed by atoms with E-state index in [2.05, 4.69) is 10.6 Å². The fraction of sp³-hybridized carbons (Fsp3) is 0.348. The molecule has 0 radical (unpaired) electrons. The first-order valence-corrected chi connectivity index (χ1v) is 14.4. The first kappa shape index (κ1) is 31.3. The van der Waals surface area contributed by atoms with Crippen molar-refractivity contribution in [1.29, 1.82) is 0 Å². The first-order chi connectivity index (χ1) is 16.4. The van der Waals surface area contributed by atoms with Crippen LogP contribution in [0.1, 0.15) is 33.4 Å². The summed E-state index contributed by atoms with van der Waals surface area (Å²) in [7, 11) is -4.70. The van der Waals surface area contributed by atoms with Gasteiger partial charge in [0, 0.05) is 7.05 Å². The molecule has 13 heteroatoms. The zero-order valence-electron chi connectivity index (χ0n) is 21.6. The van der Waals surface area contributed by atoms with Gasteiger partial charge in [0.25, 0.3) is 10.1 Å². The highest BCUT2D eigenvalue weighted by atomic mass is 32.2. The van der Waals surface area contributed by atoms with Crippen molar-refractivity contribution < 1.29 is 30.6 Å². The molecule has 2 aromatic carbocycles. The molecule has 0 spiro atoms. The Hall–Kier alpha value is -2.71. The molecule has 0 bridgehead atoms. The van der Waals surface area contributed by atoms with E-state index < -0.39 is 20.2 Å². The minimum absolute atomic E-state index is 0.0260. The lowest BCUT2D eigenvalue weighted by Crippen LogP contribution is -2.44. The molecular formula is C23H34N4O6S3. The monoisotopic (exact) mass is 558 g/mol. The predicted molar refractivity (Wildman–Crippen MR) is 143 cm³/mol. The summed E-state index contributed by atoms with van der Waals surface area (Å²) < 4.78 is 64.8. The van der Waals surface area contributed by atoms with Crippen LogP contribution >= 0.6 is 11.3 Å². The average molecular weight is 559 g/mol. The molecular weight excluding hydrogens is 524 g/mol. The van der Waals surface area contributed by atoms with Crippen LogP contribution in [0.15, 0.2) is 39.6 Å². The van der Waals surface area contributed by atoms with Crippen LogP contribution in [0.5, 0.6) is 0 Å². The lowest BCUT2D eigenvalue weighted by Gasteiger charge is -2.14. The lowest BCUT2D eigenvalue weighted by atomic mass is 10.1. The van der Waals surface area contributed by atoms with E-state index in [1.54, 1.807) is 68.0 Å². The number of aromatic nitrogens is 1. The summed E-state index contributed by atoms with van der Waals surface area (Å²) in [5.41, 5.74) is 5.99. The second-order valence-corrected chi connectivity index (χ2v) is 11.7. The standard InChI is InChI=1S/2C9H12O3S.C5H11N4S/c2*1-6-4-7(2)9(8(3)5-6)13(10,11)12;1-7-4-5(8-2)10-3-9(4)6/h2*4-5H,1-3H3,(H,10,11,12);3,7-8H,6H2,1-2H3/q;;+1/p-1. The number of aryl methyl sites for hydroxylation is 6.